The molecule has 1 unspecified atom stereocenters. The second-order valence-corrected chi connectivity index (χ2v) is 4.28. The quantitative estimate of drug-likeness (QED) is 0.665. The Hall–Kier alpha value is -1.69. The number of hydrogen-bond donors (Lipinski definition) is 1. The highest BCUT2D eigenvalue weighted by molar-refractivity contribution is 5.62. The lowest BCUT2D eigenvalue weighted by atomic mass is 10.1. The van der Waals surface area contributed by atoms with E-state index in [1.165, 1.54) is 18.2 Å². The van der Waals surface area contributed by atoms with Gasteiger partial charge in [0.2, 0.25) is 0 Å². The van der Waals surface area contributed by atoms with Gasteiger partial charge in [0, 0.05) is 25.3 Å². The first kappa shape index (κ1) is 12.8. The predicted octanol–water partition coefficient (Wildman–Crippen LogP) is 2.71. The van der Waals surface area contributed by atoms with E-state index in [4.69, 9.17) is 4.74 Å². The number of nitrogens with one attached hydrogen (secondary N) is 1. The predicted molar refractivity (Wildman–Crippen MR) is 65.1 cm³/mol. The normalized spacial score (nSPS) is 20.2. The molecule has 2 rings (SSSR count). The van der Waals surface area contributed by atoms with E-state index in [1.54, 1.807) is 0 Å². The number of halogens is 1. The summed E-state index contributed by atoms with van der Waals surface area (Å²) in [5, 5.41) is 13.8. The summed E-state index contributed by atoms with van der Waals surface area (Å²) in [5.74, 6) is -0.589. The summed E-state index contributed by atoms with van der Waals surface area (Å²) in [5.41, 5.74) is -0.241. The zero-order valence-electron chi connectivity index (χ0n) is 9.89. The summed E-state index contributed by atoms with van der Waals surface area (Å²) in [6.07, 6.45) is 2.43. The van der Waals surface area contributed by atoms with Crippen molar-refractivity contribution in [1.29, 1.82) is 0 Å². The lowest BCUT2D eigenvalue weighted by Crippen LogP contribution is -2.21. The first-order valence-corrected chi connectivity index (χ1v) is 5.95. The lowest BCUT2D eigenvalue weighted by Gasteiger charge is -2.17. The fourth-order valence-corrected chi connectivity index (χ4v) is 2.06. The van der Waals surface area contributed by atoms with Crippen LogP contribution in [0.15, 0.2) is 18.2 Å². The molecule has 1 aromatic carbocycles. The smallest absolute Gasteiger partial charge is 0.295 e. The average molecular weight is 254 g/mol. The fraction of sp³-hybridized carbons (Fsp3) is 0.500. The monoisotopic (exact) mass is 254 g/mol. The van der Waals surface area contributed by atoms with E-state index in [-0.39, 0.29) is 17.4 Å². The molecule has 0 bridgehead atoms. The van der Waals surface area contributed by atoms with Crippen LogP contribution in [0.1, 0.15) is 19.3 Å². The zero-order chi connectivity index (χ0) is 13.0. The molecule has 1 fully saturated rings. The molecule has 1 N–H and O–H groups in total. The van der Waals surface area contributed by atoms with Crippen LogP contribution in [0.5, 0.6) is 0 Å². The Kier molecular flexibility index (Phi) is 4.09. The van der Waals surface area contributed by atoms with Gasteiger partial charge in [-0.15, -0.1) is 0 Å². The Morgan fingerprint density at radius 1 is 1.39 bits per heavy atom. The highest BCUT2D eigenvalue weighted by Crippen LogP contribution is 2.29. The Labute approximate surface area is 104 Å². The third-order valence-electron chi connectivity index (χ3n) is 2.99. The maximum absolute atomic E-state index is 13.7. The molecule has 18 heavy (non-hydrogen) atoms. The zero-order valence-corrected chi connectivity index (χ0v) is 9.89. The summed E-state index contributed by atoms with van der Waals surface area (Å²) in [6.45, 7) is 1.29. The Bertz CT molecular complexity index is 431. The molecule has 6 heteroatoms. The first-order chi connectivity index (χ1) is 8.68. The summed E-state index contributed by atoms with van der Waals surface area (Å²) in [7, 11) is 0. The molecule has 1 aliphatic rings. The minimum atomic E-state index is -0.589. The standard InChI is InChI=1S/C12H15FN2O3/c13-10-4-1-5-11(15(16)17)12(10)14-9-3-2-7-18-8-6-9/h1,4-5,9,14H,2-3,6-8H2. The van der Waals surface area contributed by atoms with Crippen molar-refractivity contribution in [3.63, 3.8) is 0 Å². The van der Waals surface area contributed by atoms with Crippen molar-refractivity contribution in [2.75, 3.05) is 18.5 Å². The van der Waals surface area contributed by atoms with Crippen LogP contribution in [-0.4, -0.2) is 24.2 Å². The molecule has 1 aromatic rings. The van der Waals surface area contributed by atoms with Gasteiger partial charge in [0.25, 0.3) is 5.69 Å². The van der Waals surface area contributed by atoms with E-state index < -0.39 is 10.7 Å². The molecule has 0 spiro atoms. The number of para-hydroxylation sites is 1. The van der Waals surface area contributed by atoms with Gasteiger partial charge in [-0.3, -0.25) is 10.1 Å². The fourth-order valence-electron chi connectivity index (χ4n) is 2.06. The highest BCUT2D eigenvalue weighted by atomic mass is 19.1. The van der Waals surface area contributed by atoms with Crippen molar-refractivity contribution < 1.29 is 14.1 Å². The number of ether oxygens (including phenoxy) is 1. The molecule has 0 aromatic heterocycles. The number of nitro groups is 1. The summed E-state index contributed by atoms with van der Waals surface area (Å²) >= 11 is 0. The van der Waals surface area contributed by atoms with Crippen molar-refractivity contribution in [1.82, 2.24) is 0 Å². The van der Waals surface area contributed by atoms with Crippen LogP contribution in [0.3, 0.4) is 0 Å². The van der Waals surface area contributed by atoms with E-state index in [9.17, 15) is 14.5 Å². The molecular formula is C12H15FN2O3. The van der Waals surface area contributed by atoms with Crippen LogP contribution < -0.4 is 5.32 Å². The Balaban J connectivity index is 2.19. The van der Waals surface area contributed by atoms with Crippen molar-refractivity contribution >= 4 is 11.4 Å². The molecule has 1 atom stereocenters. The molecule has 98 valence electrons. The highest BCUT2D eigenvalue weighted by Gasteiger charge is 2.21. The van der Waals surface area contributed by atoms with Crippen molar-refractivity contribution in [3.05, 3.63) is 34.1 Å². The van der Waals surface area contributed by atoms with Gasteiger partial charge in [-0.05, 0) is 25.3 Å². The molecule has 1 saturated heterocycles. The lowest BCUT2D eigenvalue weighted by molar-refractivity contribution is -0.384. The molecular weight excluding hydrogens is 239 g/mol. The number of nitro benzene ring substituents is 1. The number of hydrogen-bond acceptors (Lipinski definition) is 4. The largest absolute Gasteiger partial charge is 0.381 e. The van der Waals surface area contributed by atoms with Gasteiger partial charge in [0.15, 0.2) is 5.82 Å². The van der Waals surface area contributed by atoms with Crippen LogP contribution in [-0.2, 0) is 4.74 Å². The van der Waals surface area contributed by atoms with Crippen molar-refractivity contribution in [2.45, 2.75) is 25.3 Å². The van der Waals surface area contributed by atoms with Gasteiger partial charge in [0.1, 0.15) is 5.69 Å². The summed E-state index contributed by atoms with van der Waals surface area (Å²) < 4.78 is 19.0. The van der Waals surface area contributed by atoms with E-state index in [0.29, 0.717) is 13.2 Å². The molecule has 1 heterocycles. The Morgan fingerprint density at radius 2 is 2.22 bits per heavy atom. The van der Waals surface area contributed by atoms with Crippen molar-refractivity contribution in [2.24, 2.45) is 0 Å². The van der Waals surface area contributed by atoms with E-state index >= 15 is 0 Å². The van der Waals surface area contributed by atoms with Crippen LogP contribution in [0.2, 0.25) is 0 Å². The maximum Gasteiger partial charge on any atom is 0.295 e. The van der Waals surface area contributed by atoms with Gasteiger partial charge >= 0.3 is 0 Å². The third kappa shape index (κ3) is 2.95. The van der Waals surface area contributed by atoms with Crippen LogP contribution in [0, 0.1) is 15.9 Å². The van der Waals surface area contributed by atoms with Gasteiger partial charge < -0.3 is 10.1 Å². The van der Waals surface area contributed by atoms with Crippen LogP contribution >= 0.6 is 0 Å². The minimum absolute atomic E-state index is 0.0168. The van der Waals surface area contributed by atoms with Gasteiger partial charge in [-0.1, -0.05) is 6.07 Å². The van der Waals surface area contributed by atoms with Crippen molar-refractivity contribution in [3.8, 4) is 0 Å². The molecule has 5 nitrogen and oxygen atoms in total. The van der Waals surface area contributed by atoms with Crippen LogP contribution in [0.25, 0.3) is 0 Å². The van der Waals surface area contributed by atoms with Gasteiger partial charge in [-0.25, -0.2) is 4.39 Å². The molecule has 0 amide bonds. The number of anilines is 1. The van der Waals surface area contributed by atoms with E-state index in [1.807, 2.05) is 0 Å². The summed E-state index contributed by atoms with van der Waals surface area (Å²) in [6, 6.07) is 3.89. The van der Waals surface area contributed by atoms with E-state index in [0.717, 1.165) is 19.3 Å². The van der Waals surface area contributed by atoms with E-state index in [2.05, 4.69) is 5.32 Å². The second-order valence-electron chi connectivity index (χ2n) is 4.28. The number of nitrogens with zero attached hydrogens (tertiary/aromatic N) is 1. The molecule has 0 saturated carbocycles. The molecule has 0 radical (unpaired) electrons. The first-order valence-electron chi connectivity index (χ1n) is 5.95. The molecule has 0 aliphatic carbocycles. The minimum Gasteiger partial charge on any atom is -0.381 e. The second kappa shape index (κ2) is 5.77. The third-order valence-corrected chi connectivity index (χ3v) is 2.99. The summed E-state index contributed by atoms with van der Waals surface area (Å²) in [4.78, 5) is 10.3. The topological polar surface area (TPSA) is 64.4 Å². The van der Waals surface area contributed by atoms with Gasteiger partial charge in [-0.2, -0.15) is 0 Å². The van der Waals surface area contributed by atoms with Gasteiger partial charge in [0.05, 0.1) is 4.92 Å². The number of rotatable bonds is 3. The maximum atomic E-state index is 13.7. The number of benzene rings is 1. The Morgan fingerprint density at radius 3 is 3.00 bits per heavy atom. The SMILES string of the molecule is O=[N+]([O-])c1cccc(F)c1NC1CCCOCC1. The van der Waals surface area contributed by atoms with Crippen LogP contribution in [0.4, 0.5) is 15.8 Å². The average Bonchev–Trinajstić information content (AvgIpc) is 2.60. The molecule has 1 aliphatic heterocycles.